The highest BCUT2D eigenvalue weighted by Gasteiger charge is 2.30. The van der Waals surface area contributed by atoms with Gasteiger partial charge in [0.1, 0.15) is 0 Å². The van der Waals surface area contributed by atoms with Crippen molar-refractivity contribution in [3.05, 3.63) is 39.9 Å². The van der Waals surface area contributed by atoms with Gasteiger partial charge in [-0.1, -0.05) is 25.0 Å². The van der Waals surface area contributed by atoms with E-state index in [0.29, 0.717) is 6.54 Å². The Labute approximate surface area is 124 Å². The Bertz CT molecular complexity index is 533. The maximum atomic E-state index is 12.4. The minimum absolute atomic E-state index is 0.0358. The lowest BCUT2D eigenvalue weighted by Gasteiger charge is -2.31. The molecular formula is C15H21N3O3. The molecule has 0 saturated heterocycles. The summed E-state index contributed by atoms with van der Waals surface area (Å²) >= 11 is 0. The molecule has 0 aliphatic heterocycles. The van der Waals surface area contributed by atoms with Gasteiger partial charge in [0.2, 0.25) is 5.91 Å². The maximum Gasteiger partial charge on any atom is 0.269 e. The molecule has 1 saturated carbocycles. The second kappa shape index (κ2) is 6.67. The van der Waals surface area contributed by atoms with Gasteiger partial charge in [-0.15, -0.1) is 0 Å². The van der Waals surface area contributed by atoms with Crippen molar-refractivity contribution in [2.45, 2.75) is 38.3 Å². The number of hydrogen-bond acceptors (Lipinski definition) is 4. The normalized spacial score (nSPS) is 21.8. The predicted octanol–water partition coefficient (Wildman–Crippen LogP) is 2.07. The number of non-ortho nitro benzene ring substituents is 1. The average molecular weight is 291 g/mol. The first-order valence-electron chi connectivity index (χ1n) is 7.23. The number of nitro groups is 1. The van der Waals surface area contributed by atoms with Crippen molar-refractivity contribution in [3.63, 3.8) is 0 Å². The van der Waals surface area contributed by atoms with Crippen molar-refractivity contribution in [2.75, 3.05) is 7.05 Å². The van der Waals surface area contributed by atoms with Crippen LogP contribution in [0.25, 0.3) is 0 Å². The largest absolute Gasteiger partial charge is 0.341 e. The van der Waals surface area contributed by atoms with Gasteiger partial charge in [-0.25, -0.2) is 0 Å². The molecule has 6 heteroatoms. The molecule has 2 unspecified atom stereocenters. The monoisotopic (exact) mass is 291 g/mol. The molecule has 1 aliphatic rings. The van der Waals surface area contributed by atoms with Crippen LogP contribution in [0, 0.1) is 16.0 Å². The first-order chi connectivity index (χ1) is 9.99. The van der Waals surface area contributed by atoms with Gasteiger partial charge in [-0.3, -0.25) is 14.9 Å². The lowest BCUT2D eigenvalue weighted by atomic mass is 9.84. The molecule has 1 aliphatic carbocycles. The summed E-state index contributed by atoms with van der Waals surface area (Å²) in [5, 5.41) is 10.8. The fourth-order valence-electron chi connectivity index (χ4n) is 2.87. The number of nitrogens with two attached hydrogens (primary N) is 1. The summed E-state index contributed by atoms with van der Waals surface area (Å²) in [7, 11) is 1.72. The van der Waals surface area contributed by atoms with Gasteiger partial charge in [0.05, 0.1) is 10.8 Å². The van der Waals surface area contributed by atoms with Crippen LogP contribution in [-0.4, -0.2) is 28.8 Å². The molecule has 1 aromatic rings. The quantitative estimate of drug-likeness (QED) is 0.679. The summed E-state index contributed by atoms with van der Waals surface area (Å²) in [5.41, 5.74) is 6.84. The minimum Gasteiger partial charge on any atom is -0.341 e. The molecule has 21 heavy (non-hydrogen) atoms. The number of rotatable bonds is 4. The van der Waals surface area contributed by atoms with Gasteiger partial charge in [-0.05, 0) is 18.4 Å². The molecule has 1 aromatic carbocycles. The third kappa shape index (κ3) is 3.78. The van der Waals surface area contributed by atoms with Gasteiger partial charge >= 0.3 is 0 Å². The Morgan fingerprint density at radius 3 is 2.81 bits per heavy atom. The molecule has 0 spiro atoms. The molecule has 1 fully saturated rings. The molecule has 0 radical (unpaired) electrons. The van der Waals surface area contributed by atoms with Gasteiger partial charge < -0.3 is 10.6 Å². The minimum atomic E-state index is -0.428. The maximum absolute atomic E-state index is 12.4. The molecular weight excluding hydrogens is 270 g/mol. The molecule has 114 valence electrons. The number of benzene rings is 1. The summed E-state index contributed by atoms with van der Waals surface area (Å²) in [6.45, 7) is 0.365. The molecule has 2 N–H and O–H groups in total. The number of nitrogens with zero attached hydrogens (tertiary/aromatic N) is 2. The van der Waals surface area contributed by atoms with E-state index in [1.165, 1.54) is 12.1 Å². The third-order valence-corrected chi connectivity index (χ3v) is 4.05. The molecule has 0 heterocycles. The zero-order valence-corrected chi connectivity index (χ0v) is 12.2. The van der Waals surface area contributed by atoms with Crippen LogP contribution in [0.2, 0.25) is 0 Å². The zero-order valence-electron chi connectivity index (χ0n) is 12.2. The van der Waals surface area contributed by atoms with Crippen molar-refractivity contribution in [1.82, 2.24) is 4.90 Å². The van der Waals surface area contributed by atoms with E-state index < -0.39 is 4.92 Å². The highest BCUT2D eigenvalue weighted by molar-refractivity contribution is 5.79. The van der Waals surface area contributed by atoms with Crippen molar-refractivity contribution >= 4 is 11.6 Å². The van der Waals surface area contributed by atoms with E-state index >= 15 is 0 Å². The second-order valence-electron chi connectivity index (χ2n) is 5.68. The number of carbonyl (C=O) groups excluding carboxylic acids is 1. The number of nitro benzene ring substituents is 1. The van der Waals surface area contributed by atoms with Crippen LogP contribution in [-0.2, 0) is 11.3 Å². The summed E-state index contributed by atoms with van der Waals surface area (Å²) in [5.74, 6) is -0.0869. The summed E-state index contributed by atoms with van der Waals surface area (Å²) in [6.07, 6.45) is 3.84. The Balaban J connectivity index is 2.03. The molecule has 2 atom stereocenters. The van der Waals surface area contributed by atoms with Crippen molar-refractivity contribution in [1.29, 1.82) is 0 Å². The number of hydrogen-bond donors (Lipinski definition) is 1. The van der Waals surface area contributed by atoms with E-state index in [2.05, 4.69) is 0 Å². The van der Waals surface area contributed by atoms with E-state index in [9.17, 15) is 14.9 Å². The lowest BCUT2D eigenvalue weighted by Crippen LogP contribution is -2.44. The summed E-state index contributed by atoms with van der Waals surface area (Å²) in [6, 6.07) is 6.31. The van der Waals surface area contributed by atoms with E-state index in [0.717, 1.165) is 31.2 Å². The summed E-state index contributed by atoms with van der Waals surface area (Å²) < 4.78 is 0. The van der Waals surface area contributed by atoms with Gasteiger partial charge in [0, 0.05) is 31.8 Å². The molecule has 0 bridgehead atoms. The number of carbonyl (C=O) groups is 1. The van der Waals surface area contributed by atoms with Crippen LogP contribution in [0.15, 0.2) is 24.3 Å². The molecule has 1 amide bonds. The topological polar surface area (TPSA) is 89.5 Å². The lowest BCUT2D eigenvalue weighted by molar-refractivity contribution is -0.384. The Kier molecular flexibility index (Phi) is 4.90. The van der Waals surface area contributed by atoms with Gasteiger partial charge in [0.25, 0.3) is 5.69 Å². The fraction of sp³-hybridized carbons (Fsp3) is 0.533. The predicted molar refractivity (Wildman–Crippen MR) is 79.5 cm³/mol. The second-order valence-corrected chi connectivity index (χ2v) is 5.68. The number of amides is 1. The molecule has 0 aromatic heterocycles. The van der Waals surface area contributed by atoms with E-state index in [4.69, 9.17) is 5.73 Å². The third-order valence-electron chi connectivity index (χ3n) is 4.05. The van der Waals surface area contributed by atoms with Crippen molar-refractivity contribution in [2.24, 2.45) is 11.7 Å². The van der Waals surface area contributed by atoms with Crippen LogP contribution in [0.1, 0.15) is 31.2 Å². The zero-order chi connectivity index (χ0) is 15.4. The van der Waals surface area contributed by atoms with E-state index in [-0.39, 0.29) is 23.6 Å². The summed E-state index contributed by atoms with van der Waals surface area (Å²) in [4.78, 5) is 24.4. The smallest absolute Gasteiger partial charge is 0.269 e. The van der Waals surface area contributed by atoms with Crippen molar-refractivity contribution < 1.29 is 9.72 Å². The van der Waals surface area contributed by atoms with Gasteiger partial charge in [-0.2, -0.15) is 0 Å². The van der Waals surface area contributed by atoms with Crippen LogP contribution in [0.4, 0.5) is 5.69 Å². The molecule has 2 rings (SSSR count). The Morgan fingerprint density at radius 2 is 2.14 bits per heavy atom. The highest BCUT2D eigenvalue weighted by atomic mass is 16.6. The van der Waals surface area contributed by atoms with Gasteiger partial charge in [0.15, 0.2) is 0 Å². The van der Waals surface area contributed by atoms with Crippen LogP contribution < -0.4 is 5.73 Å². The first-order valence-corrected chi connectivity index (χ1v) is 7.23. The van der Waals surface area contributed by atoms with E-state index in [1.54, 1.807) is 24.1 Å². The average Bonchev–Trinajstić information content (AvgIpc) is 2.47. The fourth-order valence-corrected chi connectivity index (χ4v) is 2.87. The van der Waals surface area contributed by atoms with Crippen molar-refractivity contribution in [3.8, 4) is 0 Å². The Hall–Kier alpha value is -1.95. The van der Waals surface area contributed by atoms with Crippen LogP contribution >= 0.6 is 0 Å². The first kappa shape index (κ1) is 15.4. The van der Waals surface area contributed by atoms with E-state index in [1.807, 2.05) is 0 Å². The van der Waals surface area contributed by atoms with Crippen LogP contribution in [0.3, 0.4) is 0 Å². The van der Waals surface area contributed by atoms with Crippen LogP contribution in [0.5, 0.6) is 0 Å². The molecule has 6 nitrogen and oxygen atoms in total. The SMILES string of the molecule is CN(Cc1cccc([N+](=O)[O-])c1)C(=O)C1CCCCC1N. The highest BCUT2D eigenvalue weighted by Crippen LogP contribution is 2.25. The Morgan fingerprint density at radius 1 is 1.43 bits per heavy atom. The standard InChI is InChI=1S/C15H21N3O3/c1-17(15(19)13-7-2-3-8-14(13)16)10-11-5-4-6-12(9-11)18(20)21/h4-6,9,13-14H,2-3,7-8,10,16H2,1H3.